The maximum Gasteiger partial charge on any atom is 0.167 e. The minimum Gasteiger partial charge on any atom is -0.294 e. The molecule has 1 atom stereocenters. The van der Waals surface area contributed by atoms with Crippen LogP contribution in [0.25, 0.3) is 0 Å². The number of aromatic nitrogens is 1. The molecule has 5 aliphatic carbocycles. The van der Waals surface area contributed by atoms with E-state index in [1.165, 1.54) is 44.2 Å². The molecule has 0 aliphatic heterocycles. The Morgan fingerprint density at radius 2 is 1.75 bits per heavy atom. The minimum atomic E-state index is 0.245. The average Bonchev–Trinajstić information content (AvgIpc) is 2.56. The standard InChI is InChI=1S/C22H29NO/c1-2-3-17-4-6-19-18(21(17)24)5-7-20(23-19)22-11-14-8-15(12-22)10-16(9-14)13-22/h5,7,14-17H,2-4,6,8-13H2,1H3. The maximum atomic E-state index is 12.7. The summed E-state index contributed by atoms with van der Waals surface area (Å²) in [5.74, 6) is 3.45. The van der Waals surface area contributed by atoms with Crippen molar-refractivity contribution in [2.45, 2.75) is 76.5 Å². The smallest absolute Gasteiger partial charge is 0.167 e. The Kier molecular flexibility index (Phi) is 3.40. The topological polar surface area (TPSA) is 30.0 Å². The zero-order valence-corrected chi connectivity index (χ0v) is 14.9. The van der Waals surface area contributed by atoms with E-state index in [0.29, 0.717) is 11.2 Å². The molecule has 1 unspecified atom stereocenters. The van der Waals surface area contributed by atoms with Gasteiger partial charge in [-0.05, 0) is 87.7 Å². The molecule has 1 aromatic heterocycles. The fraction of sp³-hybridized carbons (Fsp3) is 0.727. The van der Waals surface area contributed by atoms with Gasteiger partial charge in [-0.15, -0.1) is 0 Å². The van der Waals surface area contributed by atoms with Gasteiger partial charge in [0.15, 0.2) is 5.78 Å². The molecule has 4 bridgehead atoms. The molecule has 4 fully saturated rings. The van der Waals surface area contributed by atoms with Crippen LogP contribution in [-0.4, -0.2) is 10.8 Å². The van der Waals surface area contributed by atoms with E-state index in [1.807, 2.05) is 0 Å². The quantitative estimate of drug-likeness (QED) is 0.775. The van der Waals surface area contributed by atoms with E-state index in [2.05, 4.69) is 19.1 Å². The Bertz CT molecular complexity index is 641. The molecule has 128 valence electrons. The van der Waals surface area contributed by atoms with Crippen LogP contribution in [0.3, 0.4) is 0 Å². The van der Waals surface area contributed by atoms with Gasteiger partial charge in [-0.3, -0.25) is 9.78 Å². The fourth-order valence-electron chi connectivity index (χ4n) is 6.92. The summed E-state index contributed by atoms with van der Waals surface area (Å²) in [5.41, 5.74) is 3.74. The van der Waals surface area contributed by atoms with Gasteiger partial charge in [0.25, 0.3) is 0 Å². The number of rotatable bonds is 3. The summed E-state index contributed by atoms with van der Waals surface area (Å²) in [6, 6.07) is 4.37. The van der Waals surface area contributed by atoms with E-state index in [1.54, 1.807) is 0 Å². The highest BCUT2D eigenvalue weighted by Gasteiger charge is 2.52. The van der Waals surface area contributed by atoms with Crippen LogP contribution in [0.2, 0.25) is 0 Å². The van der Waals surface area contributed by atoms with Gasteiger partial charge in [0, 0.05) is 22.6 Å². The van der Waals surface area contributed by atoms with Gasteiger partial charge in [-0.1, -0.05) is 13.3 Å². The Morgan fingerprint density at radius 1 is 1.08 bits per heavy atom. The molecule has 2 heteroatoms. The van der Waals surface area contributed by atoms with Gasteiger partial charge >= 0.3 is 0 Å². The number of pyridine rings is 1. The first-order valence-electron chi connectivity index (χ1n) is 10.2. The molecule has 0 N–H and O–H groups in total. The molecule has 1 heterocycles. The van der Waals surface area contributed by atoms with Crippen LogP contribution in [-0.2, 0) is 11.8 Å². The van der Waals surface area contributed by atoms with Crippen LogP contribution in [0.1, 0.15) is 86.5 Å². The Hall–Kier alpha value is -1.18. The molecule has 24 heavy (non-hydrogen) atoms. The first-order valence-corrected chi connectivity index (χ1v) is 10.2. The summed E-state index contributed by atoms with van der Waals surface area (Å²) in [5, 5.41) is 0. The van der Waals surface area contributed by atoms with Crippen LogP contribution in [0, 0.1) is 23.7 Å². The number of carbonyl (C=O) groups excluding carboxylic acids is 1. The third kappa shape index (κ3) is 2.21. The summed E-state index contributed by atoms with van der Waals surface area (Å²) in [6.45, 7) is 2.18. The average molecular weight is 323 g/mol. The third-order valence-corrected chi connectivity index (χ3v) is 7.56. The molecule has 0 radical (unpaired) electrons. The molecule has 6 rings (SSSR count). The van der Waals surface area contributed by atoms with Crippen LogP contribution in [0.5, 0.6) is 0 Å². The lowest BCUT2D eigenvalue weighted by molar-refractivity contribution is -0.00732. The van der Waals surface area contributed by atoms with Crippen molar-refractivity contribution in [2.75, 3.05) is 0 Å². The minimum absolute atomic E-state index is 0.245. The monoisotopic (exact) mass is 323 g/mol. The van der Waals surface area contributed by atoms with Crippen molar-refractivity contribution in [3.05, 3.63) is 29.1 Å². The molecule has 2 nitrogen and oxygen atoms in total. The SMILES string of the molecule is CCCC1CCc2nc(C34CC5CC(CC(C5)C3)C4)ccc2C1=O. The van der Waals surface area contributed by atoms with Crippen molar-refractivity contribution in [1.82, 2.24) is 4.98 Å². The van der Waals surface area contributed by atoms with Gasteiger partial charge in [0.05, 0.1) is 5.69 Å². The largest absolute Gasteiger partial charge is 0.294 e. The maximum absolute atomic E-state index is 12.7. The summed E-state index contributed by atoms with van der Waals surface area (Å²) >= 11 is 0. The molecular formula is C22H29NO. The molecule has 0 spiro atoms. The molecule has 1 aromatic rings. The van der Waals surface area contributed by atoms with Gasteiger partial charge in [-0.2, -0.15) is 0 Å². The van der Waals surface area contributed by atoms with Crippen LogP contribution < -0.4 is 0 Å². The Morgan fingerprint density at radius 3 is 2.38 bits per heavy atom. The third-order valence-electron chi connectivity index (χ3n) is 7.56. The van der Waals surface area contributed by atoms with E-state index in [0.717, 1.165) is 54.7 Å². The van der Waals surface area contributed by atoms with Crippen molar-refractivity contribution in [1.29, 1.82) is 0 Å². The second kappa shape index (κ2) is 5.41. The predicted octanol–water partition coefficient (Wildman–Crippen LogP) is 5.09. The molecule has 4 saturated carbocycles. The summed E-state index contributed by atoms with van der Waals surface area (Å²) in [7, 11) is 0. The zero-order valence-electron chi connectivity index (χ0n) is 14.9. The van der Waals surface area contributed by atoms with Gasteiger partial charge in [0.1, 0.15) is 0 Å². The number of hydrogen-bond donors (Lipinski definition) is 0. The van der Waals surface area contributed by atoms with E-state index < -0.39 is 0 Å². The Labute approximate surface area is 145 Å². The van der Waals surface area contributed by atoms with Crippen LogP contribution in [0.4, 0.5) is 0 Å². The first-order chi connectivity index (χ1) is 11.7. The second-order valence-corrected chi connectivity index (χ2v) is 9.28. The number of hydrogen-bond acceptors (Lipinski definition) is 2. The highest BCUT2D eigenvalue weighted by molar-refractivity contribution is 5.99. The molecule has 0 saturated heterocycles. The van der Waals surface area contributed by atoms with Gasteiger partial charge in [-0.25, -0.2) is 0 Å². The number of fused-ring (bicyclic) bond motifs is 1. The Balaban J connectivity index is 1.48. The van der Waals surface area contributed by atoms with Crippen molar-refractivity contribution in [2.24, 2.45) is 23.7 Å². The predicted molar refractivity (Wildman–Crippen MR) is 95.1 cm³/mol. The lowest BCUT2D eigenvalue weighted by Gasteiger charge is -2.56. The van der Waals surface area contributed by atoms with Crippen molar-refractivity contribution < 1.29 is 4.79 Å². The van der Waals surface area contributed by atoms with Gasteiger partial charge < -0.3 is 0 Å². The number of carbonyl (C=O) groups is 1. The number of ketones is 1. The van der Waals surface area contributed by atoms with Crippen molar-refractivity contribution in [3.8, 4) is 0 Å². The van der Waals surface area contributed by atoms with Crippen molar-refractivity contribution >= 4 is 5.78 Å². The molecule has 5 aliphatic rings. The highest BCUT2D eigenvalue weighted by atomic mass is 16.1. The van der Waals surface area contributed by atoms with Crippen LogP contribution in [0.15, 0.2) is 12.1 Å². The molecular weight excluding hydrogens is 294 g/mol. The normalized spacial score (nSPS) is 40.0. The highest BCUT2D eigenvalue weighted by Crippen LogP contribution is 2.60. The summed E-state index contributed by atoms with van der Waals surface area (Å²) in [4.78, 5) is 17.9. The fourth-order valence-corrected chi connectivity index (χ4v) is 6.92. The van der Waals surface area contributed by atoms with Crippen molar-refractivity contribution in [3.63, 3.8) is 0 Å². The number of aryl methyl sites for hydroxylation is 1. The van der Waals surface area contributed by atoms with Gasteiger partial charge in [0.2, 0.25) is 0 Å². The van der Waals surface area contributed by atoms with E-state index in [-0.39, 0.29) is 5.92 Å². The lowest BCUT2D eigenvalue weighted by atomic mass is 9.48. The summed E-state index contributed by atoms with van der Waals surface area (Å²) in [6.07, 6.45) is 12.7. The summed E-state index contributed by atoms with van der Waals surface area (Å²) < 4.78 is 0. The first kappa shape index (κ1) is 15.1. The van der Waals surface area contributed by atoms with E-state index >= 15 is 0 Å². The zero-order chi connectivity index (χ0) is 16.3. The molecule has 0 aromatic carbocycles. The van der Waals surface area contributed by atoms with E-state index in [4.69, 9.17) is 4.98 Å². The van der Waals surface area contributed by atoms with E-state index in [9.17, 15) is 4.79 Å². The number of nitrogens with zero attached hydrogens (tertiary/aromatic N) is 1. The second-order valence-electron chi connectivity index (χ2n) is 9.28. The molecule has 0 amide bonds. The lowest BCUT2D eigenvalue weighted by Crippen LogP contribution is -2.49. The number of Topliss-reactive ketones (excluding diaryl/α,β-unsaturated/α-hetero) is 1. The van der Waals surface area contributed by atoms with Crippen LogP contribution >= 0.6 is 0 Å².